The van der Waals surface area contributed by atoms with Crippen molar-refractivity contribution in [2.45, 2.75) is 6.92 Å². The zero-order valence-corrected chi connectivity index (χ0v) is 8.50. The largest absolute Gasteiger partial charge is 0.399 e. The average Bonchev–Trinajstić information content (AvgIpc) is 2.16. The van der Waals surface area contributed by atoms with Gasteiger partial charge in [0.15, 0.2) is 0 Å². The summed E-state index contributed by atoms with van der Waals surface area (Å²) in [4.78, 5) is 0. The van der Waals surface area contributed by atoms with E-state index < -0.39 is 0 Å². The van der Waals surface area contributed by atoms with Crippen molar-refractivity contribution < 1.29 is 4.39 Å². The molecule has 2 aromatic rings. The van der Waals surface area contributed by atoms with Crippen LogP contribution in [0.5, 0.6) is 0 Å². The maximum Gasteiger partial charge on any atom is 0.124 e. The molecule has 0 fully saturated rings. The number of nitrogens with two attached hydrogens (primary N) is 1. The molecule has 15 heavy (non-hydrogen) atoms. The summed E-state index contributed by atoms with van der Waals surface area (Å²) in [7, 11) is 0. The number of aryl methyl sites for hydroxylation is 1. The predicted molar refractivity (Wildman–Crippen MR) is 61.0 cm³/mol. The Hall–Kier alpha value is -1.83. The van der Waals surface area contributed by atoms with Gasteiger partial charge in [0.05, 0.1) is 0 Å². The van der Waals surface area contributed by atoms with Gasteiger partial charge in [-0.1, -0.05) is 18.2 Å². The lowest BCUT2D eigenvalue weighted by atomic mass is 10.0. The number of hydrogen-bond acceptors (Lipinski definition) is 1. The molecule has 0 saturated heterocycles. The third kappa shape index (κ3) is 2.15. The second kappa shape index (κ2) is 3.73. The molecule has 0 spiro atoms. The lowest BCUT2D eigenvalue weighted by molar-refractivity contribution is 0.627. The van der Waals surface area contributed by atoms with Gasteiger partial charge in [-0.15, -0.1) is 0 Å². The molecule has 0 bridgehead atoms. The summed E-state index contributed by atoms with van der Waals surface area (Å²) in [5.41, 5.74) is 9.08. The molecular formula is C13H12FN. The Balaban J connectivity index is 2.54. The van der Waals surface area contributed by atoms with Gasteiger partial charge < -0.3 is 5.73 Å². The Morgan fingerprint density at radius 1 is 1.00 bits per heavy atom. The highest BCUT2D eigenvalue weighted by Gasteiger charge is 2.01. The molecule has 0 aromatic heterocycles. The normalized spacial score (nSPS) is 10.3. The molecule has 2 aromatic carbocycles. The van der Waals surface area contributed by atoms with E-state index in [9.17, 15) is 4.39 Å². The Bertz CT molecular complexity index is 471. The zero-order chi connectivity index (χ0) is 10.8. The highest BCUT2D eigenvalue weighted by molar-refractivity contribution is 5.67. The fourth-order valence-corrected chi connectivity index (χ4v) is 1.62. The molecule has 2 heteroatoms. The molecule has 2 rings (SSSR count). The van der Waals surface area contributed by atoms with Crippen LogP contribution in [0.15, 0.2) is 42.5 Å². The standard InChI is InChI=1S/C13H12FN/c1-9-5-11(7-12(14)6-9)10-3-2-4-13(15)8-10/h2-8H,15H2,1H3. The third-order valence-electron chi connectivity index (χ3n) is 2.26. The summed E-state index contributed by atoms with van der Waals surface area (Å²) in [5.74, 6) is -0.215. The summed E-state index contributed by atoms with van der Waals surface area (Å²) < 4.78 is 13.2. The zero-order valence-electron chi connectivity index (χ0n) is 8.50. The summed E-state index contributed by atoms with van der Waals surface area (Å²) in [6, 6.07) is 12.4. The van der Waals surface area contributed by atoms with Gasteiger partial charge in [0.2, 0.25) is 0 Å². The smallest absolute Gasteiger partial charge is 0.124 e. The van der Waals surface area contributed by atoms with Crippen molar-refractivity contribution in [3.05, 3.63) is 53.8 Å². The van der Waals surface area contributed by atoms with Crippen LogP contribution in [0.2, 0.25) is 0 Å². The third-order valence-corrected chi connectivity index (χ3v) is 2.26. The van der Waals surface area contributed by atoms with E-state index in [4.69, 9.17) is 5.73 Å². The van der Waals surface area contributed by atoms with Gasteiger partial charge in [0.1, 0.15) is 5.82 Å². The molecule has 0 unspecified atom stereocenters. The van der Waals surface area contributed by atoms with Gasteiger partial charge in [-0.3, -0.25) is 0 Å². The Morgan fingerprint density at radius 2 is 1.80 bits per heavy atom. The average molecular weight is 201 g/mol. The van der Waals surface area contributed by atoms with Crippen molar-refractivity contribution in [3.63, 3.8) is 0 Å². The van der Waals surface area contributed by atoms with Crippen LogP contribution in [0.25, 0.3) is 11.1 Å². The van der Waals surface area contributed by atoms with E-state index in [-0.39, 0.29) is 5.82 Å². The molecule has 0 atom stereocenters. The maximum atomic E-state index is 13.2. The van der Waals surface area contributed by atoms with Crippen molar-refractivity contribution in [1.29, 1.82) is 0 Å². The van der Waals surface area contributed by atoms with E-state index in [1.165, 1.54) is 12.1 Å². The Labute approximate surface area is 88.4 Å². The van der Waals surface area contributed by atoms with Crippen LogP contribution in [0.1, 0.15) is 5.56 Å². The molecule has 1 nitrogen and oxygen atoms in total. The van der Waals surface area contributed by atoms with Crippen LogP contribution >= 0.6 is 0 Å². The van der Waals surface area contributed by atoms with Crippen LogP contribution in [0.3, 0.4) is 0 Å². The van der Waals surface area contributed by atoms with Gasteiger partial charge >= 0.3 is 0 Å². The minimum Gasteiger partial charge on any atom is -0.399 e. The molecular weight excluding hydrogens is 189 g/mol. The van der Waals surface area contributed by atoms with Gasteiger partial charge in [0, 0.05) is 5.69 Å². The van der Waals surface area contributed by atoms with E-state index in [0.717, 1.165) is 16.7 Å². The number of anilines is 1. The first-order valence-electron chi connectivity index (χ1n) is 4.78. The highest BCUT2D eigenvalue weighted by atomic mass is 19.1. The van der Waals surface area contributed by atoms with Crippen molar-refractivity contribution in [2.24, 2.45) is 0 Å². The first kappa shape index (κ1) is 9.71. The number of nitrogen functional groups attached to an aromatic ring is 1. The summed E-state index contributed by atoms with van der Waals surface area (Å²) >= 11 is 0. The quantitative estimate of drug-likeness (QED) is 0.703. The molecule has 0 aliphatic carbocycles. The van der Waals surface area contributed by atoms with Crippen molar-refractivity contribution in [2.75, 3.05) is 5.73 Å². The monoisotopic (exact) mass is 201 g/mol. The van der Waals surface area contributed by atoms with Crippen molar-refractivity contribution in [1.82, 2.24) is 0 Å². The SMILES string of the molecule is Cc1cc(F)cc(-c2cccc(N)c2)c1. The molecule has 76 valence electrons. The van der Waals surface area contributed by atoms with Crippen LogP contribution < -0.4 is 5.73 Å². The lowest BCUT2D eigenvalue weighted by Gasteiger charge is -2.04. The molecule has 0 radical (unpaired) electrons. The first-order chi connectivity index (χ1) is 7.15. The number of benzene rings is 2. The van der Waals surface area contributed by atoms with E-state index in [1.807, 2.05) is 37.3 Å². The second-order valence-corrected chi connectivity index (χ2v) is 3.64. The van der Waals surface area contributed by atoms with Gasteiger partial charge in [0.25, 0.3) is 0 Å². The van der Waals surface area contributed by atoms with E-state index in [2.05, 4.69) is 0 Å². The number of rotatable bonds is 1. The fraction of sp³-hybridized carbons (Fsp3) is 0.0769. The predicted octanol–water partition coefficient (Wildman–Crippen LogP) is 3.38. The molecule has 2 N–H and O–H groups in total. The molecule has 0 aliphatic rings. The van der Waals surface area contributed by atoms with E-state index in [1.54, 1.807) is 0 Å². The molecule has 0 aliphatic heterocycles. The molecule has 0 saturated carbocycles. The molecule has 0 heterocycles. The van der Waals surface area contributed by atoms with Crippen LogP contribution in [0, 0.1) is 12.7 Å². The van der Waals surface area contributed by atoms with Gasteiger partial charge in [-0.2, -0.15) is 0 Å². The second-order valence-electron chi connectivity index (χ2n) is 3.64. The lowest BCUT2D eigenvalue weighted by Crippen LogP contribution is -1.87. The van der Waals surface area contributed by atoms with Crippen molar-refractivity contribution >= 4 is 5.69 Å². The van der Waals surface area contributed by atoms with E-state index >= 15 is 0 Å². The van der Waals surface area contributed by atoms with E-state index in [0.29, 0.717) is 5.69 Å². The minimum absolute atomic E-state index is 0.215. The number of halogens is 1. The summed E-state index contributed by atoms with van der Waals surface area (Å²) in [6.45, 7) is 1.87. The van der Waals surface area contributed by atoms with Crippen LogP contribution in [-0.2, 0) is 0 Å². The maximum absolute atomic E-state index is 13.2. The minimum atomic E-state index is -0.215. The molecule has 0 amide bonds. The first-order valence-corrected chi connectivity index (χ1v) is 4.78. The van der Waals surface area contributed by atoms with Gasteiger partial charge in [-0.25, -0.2) is 4.39 Å². The Morgan fingerprint density at radius 3 is 2.47 bits per heavy atom. The summed E-state index contributed by atoms with van der Waals surface area (Å²) in [6.07, 6.45) is 0. The van der Waals surface area contributed by atoms with Gasteiger partial charge in [-0.05, 0) is 47.9 Å². The van der Waals surface area contributed by atoms with Crippen molar-refractivity contribution in [3.8, 4) is 11.1 Å². The van der Waals surface area contributed by atoms with Crippen LogP contribution in [0.4, 0.5) is 10.1 Å². The van der Waals surface area contributed by atoms with Crippen LogP contribution in [-0.4, -0.2) is 0 Å². The topological polar surface area (TPSA) is 26.0 Å². The Kier molecular flexibility index (Phi) is 2.42. The number of hydrogen-bond donors (Lipinski definition) is 1. The highest BCUT2D eigenvalue weighted by Crippen LogP contribution is 2.23. The fourth-order valence-electron chi connectivity index (χ4n) is 1.62. The summed E-state index contributed by atoms with van der Waals surface area (Å²) in [5, 5.41) is 0.